The summed E-state index contributed by atoms with van der Waals surface area (Å²) in [5.74, 6) is -0.459. The topological polar surface area (TPSA) is 73.3 Å². The van der Waals surface area contributed by atoms with Crippen molar-refractivity contribution in [2.75, 3.05) is 26.2 Å². The predicted molar refractivity (Wildman–Crippen MR) is 104 cm³/mol. The summed E-state index contributed by atoms with van der Waals surface area (Å²) in [6.07, 6.45) is 0. The third-order valence-corrected chi connectivity index (χ3v) is 5.77. The average Bonchev–Trinajstić information content (AvgIpc) is 3.39. The zero-order chi connectivity index (χ0) is 19.0. The van der Waals surface area contributed by atoms with Gasteiger partial charge in [-0.3, -0.25) is 18.8 Å². The molecular formula is C19H19N3O4S. The number of aryl methyl sites for hydroxylation is 1. The molecule has 1 saturated heterocycles. The monoisotopic (exact) mass is 385 g/mol. The Morgan fingerprint density at radius 3 is 2.63 bits per heavy atom. The van der Waals surface area contributed by atoms with Crippen LogP contribution < -0.4 is 11.2 Å². The fraction of sp³-hybridized carbons (Fsp3) is 0.316. The minimum Gasteiger partial charge on any atom is -0.460 e. The van der Waals surface area contributed by atoms with Gasteiger partial charge in [0.25, 0.3) is 5.56 Å². The molecular weight excluding hydrogens is 366 g/mol. The summed E-state index contributed by atoms with van der Waals surface area (Å²) in [6, 6.07) is 10.9. The van der Waals surface area contributed by atoms with Crippen LogP contribution in [0.1, 0.15) is 15.2 Å². The van der Waals surface area contributed by atoms with E-state index < -0.39 is 17.2 Å². The number of fused-ring (bicyclic) bond motifs is 1. The van der Waals surface area contributed by atoms with E-state index in [4.69, 9.17) is 4.74 Å². The molecule has 1 aliphatic rings. The smallest absolute Gasteiger partial charge is 0.348 e. The molecule has 0 saturated carbocycles. The van der Waals surface area contributed by atoms with Crippen LogP contribution in [-0.2, 0) is 18.3 Å². The first-order chi connectivity index (χ1) is 13.0. The first kappa shape index (κ1) is 17.7. The molecule has 0 bridgehead atoms. The highest BCUT2D eigenvalue weighted by molar-refractivity contribution is 7.20. The Kier molecular flexibility index (Phi) is 4.67. The van der Waals surface area contributed by atoms with Crippen LogP contribution in [0.2, 0.25) is 0 Å². The molecule has 0 unspecified atom stereocenters. The Balaban J connectivity index is 1.67. The Bertz CT molecular complexity index is 1110. The molecule has 1 aliphatic heterocycles. The van der Waals surface area contributed by atoms with E-state index in [0.717, 1.165) is 36.5 Å². The largest absolute Gasteiger partial charge is 0.460 e. The summed E-state index contributed by atoms with van der Waals surface area (Å²) in [5, 5.41) is 0.357. The third-order valence-electron chi connectivity index (χ3n) is 4.58. The van der Waals surface area contributed by atoms with Gasteiger partial charge in [-0.15, -0.1) is 11.3 Å². The number of carbonyl (C=O) groups excluding carboxylic acids is 1. The zero-order valence-corrected chi connectivity index (χ0v) is 15.7. The van der Waals surface area contributed by atoms with Gasteiger partial charge in [-0.25, -0.2) is 9.59 Å². The number of hydrogen-bond donors (Lipinski definition) is 0. The molecule has 1 fully saturated rings. The van der Waals surface area contributed by atoms with E-state index in [-0.39, 0.29) is 6.54 Å². The lowest BCUT2D eigenvalue weighted by atomic mass is 10.2. The van der Waals surface area contributed by atoms with Crippen LogP contribution in [0.3, 0.4) is 0 Å². The first-order valence-electron chi connectivity index (χ1n) is 8.71. The number of nitrogens with zero attached hydrogens (tertiary/aromatic N) is 3. The van der Waals surface area contributed by atoms with Gasteiger partial charge in [0.2, 0.25) is 0 Å². The van der Waals surface area contributed by atoms with Gasteiger partial charge in [-0.1, -0.05) is 30.3 Å². The number of hydrogen-bond acceptors (Lipinski definition) is 6. The van der Waals surface area contributed by atoms with Crippen molar-refractivity contribution < 1.29 is 9.53 Å². The molecule has 0 spiro atoms. The van der Waals surface area contributed by atoms with Gasteiger partial charge in [0.15, 0.2) is 0 Å². The highest BCUT2D eigenvalue weighted by Gasteiger charge is 2.20. The van der Waals surface area contributed by atoms with Gasteiger partial charge < -0.3 is 4.74 Å². The van der Waals surface area contributed by atoms with E-state index in [1.165, 1.54) is 15.2 Å². The Morgan fingerprint density at radius 1 is 1.19 bits per heavy atom. The molecule has 3 heterocycles. The summed E-state index contributed by atoms with van der Waals surface area (Å²) in [7, 11) is 1.61. The van der Waals surface area contributed by atoms with E-state index >= 15 is 0 Å². The second-order valence-corrected chi connectivity index (χ2v) is 7.56. The predicted octanol–water partition coefficient (Wildman–Crippen LogP) is 1.28. The van der Waals surface area contributed by atoms with E-state index in [2.05, 4.69) is 4.90 Å². The van der Waals surface area contributed by atoms with Crippen LogP contribution in [0.15, 0.2) is 46.0 Å². The molecule has 0 aliphatic carbocycles. The number of benzene rings is 1. The average molecular weight is 385 g/mol. The van der Waals surface area contributed by atoms with Crippen LogP contribution >= 0.6 is 11.3 Å². The van der Waals surface area contributed by atoms with Gasteiger partial charge in [0, 0.05) is 26.7 Å². The standard InChI is InChI=1S/C19H19N3O4S/c1-20-17-14(11-15(27-17)18(24)26-10-9-21-7-8-21)16(23)22(19(20)25)12-13-5-3-2-4-6-13/h2-6,11H,7-10,12H2,1H3. The summed E-state index contributed by atoms with van der Waals surface area (Å²) < 4.78 is 7.89. The fourth-order valence-corrected chi connectivity index (χ4v) is 3.92. The Morgan fingerprint density at radius 2 is 1.93 bits per heavy atom. The van der Waals surface area contributed by atoms with Crippen LogP contribution in [0.5, 0.6) is 0 Å². The maximum absolute atomic E-state index is 12.9. The number of ether oxygens (including phenoxy) is 1. The quantitative estimate of drug-likeness (QED) is 0.472. The Hall–Kier alpha value is -2.71. The molecule has 0 N–H and O–H groups in total. The molecule has 3 aromatic rings. The highest BCUT2D eigenvalue weighted by Crippen LogP contribution is 2.22. The molecule has 0 radical (unpaired) electrons. The van der Waals surface area contributed by atoms with Gasteiger partial charge >= 0.3 is 11.7 Å². The molecule has 140 valence electrons. The molecule has 7 nitrogen and oxygen atoms in total. The highest BCUT2D eigenvalue weighted by atomic mass is 32.1. The zero-order valence-electron chi connectivity index (χ0n) is 14.9. The maximum Gasteiger partial charge on any atom is 0.348 e. The van der Waals surface area contributed by atoms with Gasteiger partial charge in [-0.05, 0) is 11.6 Å². The second kappa shape index (κ2) is 7.13. The van der Waals surface area contributed by atoms with E-state index in [1.54, 1.807) is 7.05 Å². The van der Waals surface area contributed by atoms with Gasteiger partial charge in [0.05, 0.1) is 11.9 Å². The second-order valence-electron chi connectivity index (χ2n) is 6.53. The lowest BCUT2D eigenvalue weighted by Crippen LogP contribution is -2.38. The van der Waals surface area contributed by atoms with Gasteiger partial charge in [-0.2, -0.15) is 0 Å². The normalized spacial score (nSPS) is 13.8. The molecule has 1 aromatic carbocycles. The van der Waals surface area contributed by atoms with Crippen molar-refractivity contribution in [3.63, 3.8) is 0 Å². The van der Waals surface area contributed by atoms with Crippen molar-refractivity contribution in [2.45, 2.75) is 6.54 Å². The molecule has 0 atom stereocenters. The first-order valence-corrected chi connectivity index (χ1v) is 9.53. The van der Waals surface area contributed by atoms with E-state index in [1.807, 2.05) is 30.3 Å². The minimum absolute atomic E-state index is 0.188. The summed E-state index contributed by atoms with van der Waals surface area (Å²) in [6.45, 7) is 3.32. The lowest BCUT2D eigenvalue weighted by Gasteiger charge is -2.08. The fourth-order valence-electron chi connectivity index (χ4n) is 2.92. The molecule has 2 aromatic heterocycles. The van der Waals surface area contributed by atoms with E-state index in [9.17, 15) is 14.4 Å². The van der Waals surface area contributed by atoms with Crippen LogP contribution in [0.4, 0.5) is 0 Å². The van der Waals surface area contributed by atoms with Crippen LogP contribution in [0, 0.1) is 0 Å². The summed E-state index contributed by atoms with van der Waals surface area (Å²) in [4.78, 5) is 40.7. The van der Waals surface area contributed by atoms with Crippen molar-refractivity contribution in [1.82, 2.24) is 14.0 Å². The summed E-state index contributed by atoms with van der Waals surface area (Å²) in [5.41, 5.74) is 0.0667. The number of aromatic nitrogens is 2. The minimum atomic E-state index is -0.459. The van der Waals surface area contributed by atoms with Crippen molar-refractivity contribution >= 4 is 27.5 Å². The number of carbonyl (C=O) groups is 1. The van der Waals surface area contributed by atoms with Crippen LogP contribution in [-0.4, -0.2) is 46.2 Å². The van der Waals surface area contributed by atoms with Crippen molar-refractivity contribution in [3.05, 3.63) is 67.7 Å². The van der Waals surface area contributed by atoms with E-state index in [0.29, 0.717) is 21.7 Å². The maximum atomic E-state index is 12.9. The molecule has 4 rings (SSSR count). The summed E-state index contributed by atoms with van der Waals surface area (Å²) >= 11 is 1.11. The van der Waals surface area contributed by atoms with Gasteiger partial charge in [0.1, 0.15) is 16.3 Å². The number of esters is 1. The van der Waals surface area contributed by atoms with Crippen molar-refractivity contribution in [2.24, 2.45) is 7.05 Å². The third kappa shape index (κ3) is 3.58. The van der Waals surface area contributed by atoms with Crippen molar-refractivity contribution in [1.29, 1.82) is 0 Å². The molecule has 27 heavy (non-hydrogen) atoms. The number of thiophene rings is 1. The lowest BCUT2D eigenvalue weighted by molar-refractivity contribution is 0.0501. The van der Waals surface area contributed by atoms with Crippen molar-refractivity contribution in [3.8, 4) is 0 Å². The number of rotatable bonds is 6. The Labute approximate surface area is 159 Å². The van der Waals surface area contributed by atoms with Crippen LogP contribution in [0.25, 0.3) is 10.2 Å². The molecule has 8 heteroatoms. The molecule has 0 amide bonds. The SMILES string of the molecule is Cn1c(=O)n(Cc2ccccc2)c(=O)c2cc(C(=O)OCCN3CC3)sc21.